The zero-order valence-corrected chi connectivity index (χ0v) is 12.8. The highest BCUT2D eigenvalue weighted by Gasteiger charge is 2.35. The van der Waals surface area contributed by atoms with Gasteiger partial charge >= 0.3 is 5.69 Å². The Morgan fingerprint density at radius 2 is 2.37 bits per heavy atom. The minimum absolute atomic E-state index is 0.00696. The van der Waals surface area contributed by atoms with Crippen molar-refractivity contribution in [1.29, 1.82) is 0 Å². The minimum Gasteiger partial charge on any atom is -0.291 e. The first kappa shape index (κ1) is 14.5. The average Bonchev–Trinajstić information content (AvgIpc) is 2.73. The Balaban J connectivity index is 2.47. The van der Waals surface area contributed by atoms with Crippen LogP contribution in [-0.4, -0.2) is 28.1 Å². The second kappa shape index (κ2) is 5.64. The van der Waals surface area contributed by atoms with Gasteiger partial charge in [0, 0.05) is 19.0 Å². The van der Waals surface area contributed by atoms with Crippen molar-refractivity contribution in [3.63, 3.8) is 0 Å². The lowest BCUT2D eigenvalue weighted by Crippen LogP contribution is -2.26. The number of nitro groups is 1. The molecule has 1 atom stereocenters. The van der Waals surface area contributed by atoms with Gasteiger partial charge in [0.05, 0.1) is 9.40 Å². The number of rotatable bonds is 3. The van der Waals surface area contributed by atoms with Crippen LogP contribution < -0.4 is 4.90 Å². The summed E-state index contributed by atoms with van der Waals surface area (Å²) >= 11 is 13.1. The second-order valence-electron chi connectivity index (χ2n) is 4.12. The lowest BCUT2D eigenvalue weighted by Gasteiger charge is -2.15. The Labute approximate surface area is 127 Å². The quantitative estimate of drug-likeness (QED) is 0.386. The standard InChI is InChI=1S/C10H9BrClN3O3S/c11-6-2-7(15(17)18)10(13-9(6)12)14-3-5(4-19)1-8(14)16/h2,5,19H,1,3-4H2. The lowest BCUT2D eigenvalue weighted by molar-refractivity contribution is -0.384. The maximum atomic E-state index is 11.9. The van der Waals surface area contributed by atoms with Crippen LogP contribution >= 0.6 is 40.2 Å². The maximum absolute atomic E-state index is 11.9. The SMILES string of the molecule is O=C1CC(CS)CN1c1nc(Cl)c(Br)cc1[N+](=O)[O-]. The molecule has 0 bridgehead atoms. The molecule has 1 aromatic heterocycles. The van der Waals surface area contributed by atoms with Gasteiger partial charge in [-0.25, -0.2) is 4.98 Å². The van der Waals surface area contributed by atoms with E-state index in [2.05, 4.69) is 33.5 Å². The van der Waals surface area contributed by atoms with E-state index in [4.69, 9.17) is 11.6 Å². The molecule has 1 saturated heterocycles. The number of anilines is 1. The number of amides is 1. The van der Waals surface area contributed by atoms with E-state index in [9.17, 15) is 14.9 Å². The van der Waals surface area contributed by atoms with Crippen LogP contribution in [0.5, 0.6) is 0 Å². The second-order valence-corrected chi connectivity index (χ2v) is 5.70. The average molecular weight is 367 g/mol. The number of thiol groups is 1. The van der Waals surface area contributed by atoms with Gasteiger partial charge in [0.2, 0.25) is 11.7 Å². The molecule has 0 saturated carbocycles. The Morgan fingerprint density at radius 3 is 2.89 bits per heavy atom. The fourth-order valence-electron chi connectivity index (χ4n) is 1.89. The molecule has 19 heavy (non-hydrogen) atoms. The molecule has 6 nitrogen and oxygen atoms in total. The highest BCUT2D eigenvalue weighted by molar-refractivity contribution is 9.10. The number of hydrogen-bond donors (Lipinski definition) is 1. The molecular weight excluding hydrogens is 358 g/mol. The molecule has 0 N–H and O–H groups in total. The predicted molar refractivity (Wildman–Crippen MR) is 77.9 cm³/mol. The van der Waals surface area contributed by atoms with Gasteiger partial charge in [-0.3, -0.25) is 19.8 Å². The fourth-order valence-corrected chi connectivity index (χ4v) is 2.57. The lowest BCUT2D eigenvalue weighted by atomic mass is 10.1. The first-order valence-corrected chi connectivity index (χ1v) is 7.16. The van der Waals surface area contributed by atoms with Crippen molar-refractivity contribution < 1.29 is 9.72 Å². The maximum Gasteiger partial charge on any atom is 0.313 e. The number of pyridine rings is 1. The normalized spacial score (nSPS) is 19.0. The van der Waals surface area contributed by atoms with Crippen LogP contribution in [0.1, 0.15) is 6.42 Å². The number of nitrogens with zero attached hydrogens (tertiary/aromatic N) is 3. The third-order valence-corrected chi connectivity index (χ3v) is 4.45. The molecule has 1 fully saturated rings. The molecule has 0 spiro atoms. The number of aromatic nitrogens is 1. The Hall–Kier alpha value is -0.860. The van der Waals surface area contributed by atoms with Crippen LogP contribution in [0, 0.1) is 16.0 Å². The molecule has 0 aliphatic carbocycles. The molecule has 102 valence electrons. The first-order valence-electron chi connectivity index (χ1n) is 5.35. The molecule has 2 heterocycles. The van der Waals surface area contributed by atoms with Crippen LogP contribution in [0.3, 0.4) is 0 Å². The summed E-state index contributed by atoms with van der Waals surface area (Å²) in [5.74, 6) is 0.403. The summed E-state index contributed by atoms with van der Waals surface area (Å²) in [5, 5.41) is 11.1. The Bertz CT molecular complexity index is 557. The zero-order valence-electron chi connectivity index (χ0n) is 9.55. The van der Waals surface area contributed by atoms with Crippen LogP contribution in [-0.2, 0) is 4.79 Å². The summed E-state index contributed by atoms with van der Waals surface area (Å²) in [6, 6.07) is 1.26. The number of halogens is 2. The summed E-state index contributed by atoms with van der Waals surface area (Å²) in [6.07, 6.45) is 0.315. The van der Waals surface area contributed by atoms with Gasteiger partial charge in [-0.2, -0.15) is 12.6 Å². The van der Waals surface area contributed by atoms with Crippen molar-refractivity contribution in [2.24, 2.45) is 5.92 Å². The number of hydrogen-bond acceptors (Lipinski definition) is 5. The van der Waals surface area contributed by atoms with Gasteiger partial charge in [-0.05, 0) is 27.6 Å². The Morgan fingerprint density at radius 1 is 1.68 bits per heavy atom. The van der Waals surface area contributed by atoms with Gasteiger partial charge < -0.3 is 0 Å². The van der Waals surface area contributed by atoms with Gasteiger partial charge in [-0.1, -0.05) is 11.6 Å². The zero-order chi connectivity index (χ0) is 14.2. The van der Waals surface area contributed by atoms with Gasteiger partial charge in [0.25, 0.3) is 0 Å². The highest BCUT2D eigenvalue weighted by atomic mass is 79.9. The third kappa shape index (κ3) is 2.85. The molecular formula is C10H9BrClN3O3S. The third-order valence-electron chi connectivity index (χ3n) is 2.81. The molecule has 1 aromatic rings. The number of carbonyl (C=O) groups excluding carboxylic acids is 1. The van der Waals surface area contributed by atoms with Gasteiger partial charge in [0.1, 0.15) is 5.15 Å². The van der Waals surface area contributed by atoms with E-state index in [-0.39, 0.29) is 28.5 Å². The van der Waals surface area contributed by atoms with Crippen LogP contribution in [0.2, 0.25) is 5.15 Å². The summed E-state index contributed by atoms with van der Waals surface area (Å²) in [5.41, 5.74) is -0.246. The van der Waals surface area contributed by atoms with E-state index in [1.807, 2.05) is 0 Å². The molecule has 1 aliphatic heterocycles. The molecule has 9 heteroatoms. The summed E-state index contributed by atoms with van der Waals surface area (Å²) in [7, 11) is 0. The van der Waals surface area contributed by atoms with Crippen LogP contribution in [0.4, 0.5) is 11.5 Å². The van der Waals surface area contributed by atoms with Crippen molar-refractivity contribution in [2.45, 2.75) is 6.42 Å². The monoisotopic (exact) mass is 365 g/mol. The van der Waals surface area contributed by atoms with Crippen molar-refractivity contribution in [3.05, 3.63) is 25.8 Å². The summed E-state index contributed by atoms with van der Waals surface area (Å²) in [4.78, 5) is 27.6. The van der Waals surface area contributed by atoms with E-state index in [0.717, 1.165) is 0 Å². The van der Waals surface area contributed by atoms with Crippen LogP contribution in [0.25, 0.3) is 0 Å². The number of carbonyl (C=O) groups is 1. The van der Waals surface area contributed by atoms with E-state index < -0.39 is 4.92 Å². The smallest absolute Gasteiger partial charge is 0.291 e. The fraction of sp³-hybridized carbons (Fsp3) is 0.400. The molecule has 0 aromatic carbocycles. The van der Waals surface area contributed by atoms with Crippen LogP contribution in [0.15, 0.2) is 10.5 Å². The van der Waals surface area contributed by atoms with E-state index >= 15 is 0 Å². The summed E-state index contributed by atoms with van der Waals surface area (Å²) in [6.45, 7) is 0.369. The minimum atomic E-state index is -0.579. The van der Waals surface area contributed by atoms with Gasteiger partial charge in [-0.15, -0.1) is 0 Å². The highest BCUT2D eigenvalue weighted by Crippen LogP contribution is 2.36. The first-order chi connectivity index (χ1) is 8.93. The molecule has 1 amide bonds. The van der Waals surface area contributed by atoms with E-state index in [1.54, 1.807) is 0 Å². The van der Waals surface area contributed by atoms with Crippen molar-refractivity contribution >= 4 is 57.6 Å². The Kier molecular flexibility index (Phi) is 4.32. The topological polar surface area (TPSA) is 76.3 Å². The van der Waals surface area contributed by atoms with Crippen molar-refractivity contribution in [1.82, 2.24) is 4.98 Å². The van der Waals surface area contributed by atoms with Gasteiger partial charge in [0.15, 0.2) is 0 Å². The largest absolute Gasteiger partial charge is 0.313 e. The predicted octanol–water partition coefficient (Wildman–Crippen LogP) is 2.69. The van der Waals surface area contributed by atoms with Crippen molar-refractivity contribution in [3.8, 4) is 0 Å². The van der Waals surface area contributed by atoms with E-state index in [0.29, 0.717) is 23.2 Å². The molecule has 0 radical (unpaired) electrons. The summed E-state index contributed by atoms with van der Waals surface area (Å²) < 4.78 is 0.321. The van der Waals surface area contributed by atoms with Crippen molar-refractivity contribution in [2.75, 3.05) is 17.2 Å². The molecule has 2 rings (SSSR count). The van der Waals surface area contributed by atoms with E-state index in [1.165, 1.54) is 11.0 Å². The molecule has 1 aliphatic rings. The molecule has 1 unspecified atom stereocenters.